The van der Waals surface area contributed by atoms with E-state index in [1.54, 1.807) is 42.0 Å². The predicted octanol–water partition coefficient (Wildman–Crippen LogP) is 2.60. The number of aryl methyl sites for hydroxylation is 1. The van der Waals surface area contributed by atoms with E-state index in [0.29, 0.717) is 49.3 Å². The number of anilines is 2. The van der Waals surface area contributed by atoms with E-state index < -0.39 is 0 Å². The average Bonchev–Trinajstić information content (AvgIpc) is 3.34. The van der Waals surface area contributed by atoms with Crippen molar-refractivity contribution in [3.63, 3.8) is 0 Å². The highest BCUT2D eigenvalue weighted by Gasteiger charge is 2.25. The third-order valence-electron chi connectivity index (χ3n) is 5.52. The van der Waals surface area contributed by atoms with Crippen LogP contribution in [-0.2, 0) is 6.42 Å². The summed E-state index contributed by atoms with van der Waals surface area (Å²) in [5, 5.41) is 15.2. The Balaban J connectivity index is 1.41. The molecule has 10 nitrogen and oxygen atoms in total. The Morgan fingerprint density at radius 2 is 1.88 bits per heavy atom. The fourth-order valence-corrected chi connectivity index (χ4v) is 3.66. The first-order valence-corrected chi connectivity index (χ1v) is 10.5. The number of amides is 2. The third-order valence-corrected chi connectivity index (χ3v) is 5.52. The van der Waals surface area contributed by atoms with Crippen LogP contribution in [0.25, 0.3) is 5.69 Å². The topological polar surface area (TPSA) is 97.6 Å². The van der Waals surface area contributed by atoms with Gasteiger partial charge in [0.15, 0.2) is 0 Å². The number of urea groups is 1. The molecule has 0 aliphatic carbocycles. The van der Waals surface area contributed by atoms with Crippen molar-refractivity contribution in [3.05, 3.63) is 48.0 Å². The molecule has 0 atom stereocenters. The zero-order valence-corrected chi connectivity index (χ0v) is 18.5. The third kappa shape index (κ3) is 4.43. The van der Waals surface area contributed by atoms with Crippen molar-refractivity contribution in [3.8, 4) is 17.2 Å². The monoisotopic (exact) mass is 437 g/mol. The van der Waals surface area contributed by atoms with Crippen molar-refractivity contribution in [2.75, 3.05) is 50.6 Å². The minimum atomic E-state index is -0.177. The molecule has 1 fully saturated rings. The molecule has 0 bridgehead atoms. The minimum Gasteiger partial charge on any atom is -0.497 e. The van der Waals surface area contributed by atoms with Crippen LogP contribution in [0.3, 0.4) is 0 Å². The highest BCUT2D eigenvalue weighted by molar-refractivity contribution is 5.91. The van der Waals surface area contributed by atoms with Crippen molar-refractivity contribution in [1.82, 2.24) is 25.1 Å². The zero-order valence-electron chi connectivity index (χ0n) is 18.5. The second-order valence-corrected chi connectivity index (χ2v) is 7.38. The number of hydrogen-bond donors (Lipinski definition) is 1. The largest absolute Gasteiger partial charge is 0.497 e. The fourth-order valence-electron chi connectivity index (χ4n) is 3.66. The van der Waals surface area contributed by atoms with E-state index in [1.807, 2.05) is 12.1 Å². The summed E-state index contributed by atoms with van der Waals surface area (Å²) in [5.41, 5.74) is 2.75. The molecule has 0 saturated carbocycles. The van der Waals surface area contributed by atoms with Crippen LogP contribution in [0, 0.1) is 0 Å². The summed E-state index contributed by atoms with van der Waals surface area (Å²) in [4.78, 5) is 16.7. The molecule has 1 aliphatic heterocycles. The van der Waals surface area contributed by atoms with Gasteiger partial charge in [0.05, 0.1) is 25.6 Å². The van der Waals surface area contributed by atoms with Crippen molar-refractivity contribution in [2.45, 2.75) is 13.3 Å². The Bertz CT molecular complexity index is 1080. The van der Waals surface area contributed by atoms with Gasteiger partial charge in [0, 0.05) is 32.2 Å². The number of aromatic nitrogens is 4. The number of tetrazole rings is 1. The molecule has 4 rings (SSSR count). The van der Waals surface area contributed by atoms with Crippen molar-refractivity contribution >= 4 is 17.7 Å². The highest BCUT2D eigenvalue weighted by Crippen LogP contribution is 2.29. The Labute approximate surface area is 186 Å². The molecule has 0 unspecified atom stereocenters. The molecule has 2 aromatic carbocycles. The zero-order chi connectivity index (χ0) is 22.5. The maximum atomic E-state index is 12.8. The Morgan fingerprint density at radius 1 is 1.06 bits per heavy atom. The van der Waals surface area contributed by atoms with E-state index in [-0.39, 0.29) is 6.03 Å². The fraction of sp³-hybridized carbons (Fsp3) is 0.364. The van der Waals surface area contributed by atoms with Gasteiger partial charge >= 0.3 is 6.03 Å². The van der Waals surface area contributed by atoms with Gasteiger partial charge in [0.2, 0.25) is 5.95 Å². The van der Waals surface area contributed by atoms with Crippen LogP contribution in [0.4, 0.5) is 16.4 Å². The van der Waals surface area contributed by atoms with Crippen LogP contribution in [0.1, 0.15) is 12.5 Å². The van der Waals surface area contributed by atoms with Crippen LogP contribution in [0.5, 0.6) is 11.5 Å². The highest BCUT2D eigenvalue weighted by atomic mass is 16.5. The van der Waals surface area contributed by atoms with Crippen LogP contribution < -0.4 is 19.7 Å². The van der Waals surface area contributed by atoms with Gasteiger partial charge in [-0.2, -0.15) is 4.68 Å². The number of carbonyl (C=O) groups excluding carboxylic acids is 1. The van der Waals surface area contributed by atoms with Crippen molar-refractivity contribution in [2.24, 2.45) is 0 Å². The standard InChI is InChI=1S/C22H27N7O3/c1-4-16-6-5-7-17(14-16)29-21(24-25-26-29)27-10-12-28(13-11-27)22(30)23-19-9-8-18(31-2)15-20(19)32-3/h5-9,14-15H,4,10-13H2,1-3H3,(H,23,30). The molecule has 1 saturated heterocycles. The number of benzene rings is 2. The van der Waals surface area contributed by atoms with E-state index in [4.69, 9.17) is 9.47 Å². The summed E-state index contributed by atoms with van der Waals surface area (Å²) in [7, 11) is 3.15. The molecule has 2 amide bonds. The van der Waals surface area contributed by atoms with Gasteiger partial charge < -0.3 is 24.6 Å². The van der Waals surface area contributed by atoms with Gasteiger partial charge in [0.1, 0.15) is 11.5 Å². The number of carbonyl (C=O) groups is 1. The average molecular weight is 438 g/mol. The number of rotatable bonds is 6. The van der Waals surface area contributed by atoms with Crippen LogP contribution >= 0.6 is 0 Å². The molecule has 3 aromatic rings. The maximum Gasteiger partial charge on any atom is 0.322 e. The van der Waals surface area contributed by atoms with E-state index in [2.05, 4.69) is 44.8 Å². The van der Waals surface area contributed by atoms with Gasteiger partial charge in [-0.05, 0) is 46.7 Å². The van der Waals surface area contributed by atoms with Gasteiger partial charge in [-0.1, -0.05) is 24.2 Å². The lowest BCUT2D eigenvalue weighted by molar-refractivity contribution is 0.207. The molecule has 1 aliphatic rings. The number of piperazine rings is 1. The lowest BCUT2D eigenvalue weighted by Gasteiger charge is -2.34. The number of nitrogens with zero attached hydrogens (tertiary/aromatic N) is 6. The number of methoxy groups -OCH3 is 2. The van der Waals surface area contributed by atoms with E-state index in [0.717, 1.165) is 12.1 Å². The van der Waals surface area contributed by atoms with Crippen molar-refractivity contribution < 1.29 is 14.3 Å². The number of nitrogens with one attached hydrogen (secondary N) is 1. The first kappa shape index (κ1) is 21.4. The molecule has 2 heterocycles. The molecular formula is C22H27N7O3. The molecule has 32 heavy (non-hydrogen) atoms. The van der Waals surface area contributed by atoms with Crippen LogP contribution in [0.15, 0.2) is 42.5 Å². The second-order valence-electron chi connectivity index (χ2n) is 7.38. The smallest absolute Gasteiger partial charge is 0.322 e. The maximum absolute atomic E-state index is 12.8. The molecule has 0 radical (unpaired) electrons. The minimum absolute atomic E-state index is 0.177. The summed E-state index contributed by atoms with van der Waals surface area (Å²) >= 11 is 0. The summed E-state index contributed by atoms with van der Waals surface area (Å²) in [6.07, 6.45) is 0.943. The van der Waals surface area contributed by atoms with E-state index in [1.165, 1.54) is 5.56 Å². The van der Waals surface area contributed by atoms with Crippen LogP contribution in [0.2, 0.25) is 0 Å². The second kappa shape index (κ2) is 9.54. The Kier molecular flexibility index (Phi) is 6.39. The molecular weight excluding hydrogens is 410 g/mol. The van der Waals surface area contributed by atoms with Gasteiger partial charge in [-0.25, -0.2) is 4.79 Å². The summed E-state index contributed by atoms with van der Waals surface area (Å²) < 4.78 is 12.3. The molecule has 0 spiro atoms. The molecule has 1 N–H and O–H groups in total. The first-order chi connectivity index (χ1) is 15.6. The SMILES string of the molecule is CCc1cccc(-n2nnnc2N2CCN(C(=O)Nc3ccc(OC)cc3OC)CC2)c1. The quantitative estimate of drug-likeness (QED) is 0.633. The van der Waals surface area contributed by atoms with E-state index >= 15 is 0 Å². The summed E-state index contributed by atoms with van der Waals surface area (Å²) in [6, 6.07) is 13.3. The normalized spacial score (nSPS) is 13.7. The van der Waals surface area contributed by atoms with Crippen LogP contribution in [-0.4, -0.2) is 71.5 Å². The van der Waals surface area contributed by atoms with Gasteiger partial charge in [-0.15, -0.1) is 0 Å². The number of hydrogen-bond acceptors (Lipinski definition) is 7. The lowest BCUT2D eigenvalue weighted by atomic mass is 10.1. The Hall–Kier alpha value is -3.82. The van der Waals surface area contributed by atoms with Crippen molar-refractivity contribution in [1.29, 1.82) is 0 Å². The molecule has 10 heteroatoms. The van der Waals surface area contributed by atoms with Gasteiger partial charge in [0.25, 0.3) is 0 Å². The molecule has 1 aromatic heterocycles. The lowest BCUT2D eigenvalue weighted by Crippen LogP contribution is -2.50. The molecule has 168 valence electrons. The van der Waals surface area contributed by atoms with E-state index in [9.17, 15) is 4.79 Å². The summed E-state index contributed by atoms with van der Waals surface area (Å²) in [5.74, 6) is 1.88. The van der Waals surface area contributed by atoms with Gasteiger partial charge in [-0.3, -0.25) is 0 Å². The Morgan fingerprint density at radius 3 is 2.59 bits per heavy atom. The first-order valence-electron chi connectivity index (χ1n) is 10.5. The predicted molar refractivity (Wildman–Crippen MR) is 121 cm³/mol. The summed E-state index contributed by atoms with van der Waals surface area (Å²) in [6.45, 7) is 4.46. The number of ether oxygens (including phenoxy) is 2.